The molecule has 3 N–H and O–H groups in total. The number of methoxy groups -OCH3 is 1. The van der Waals surface area contributed by atoms with E-state index in [0.717, 1.165) is 26.2 Å². The molecule has 14 heteroatoms. The zero-order valence-electron chi connectivity index (χ0n) is 18.7. The molecule has 1 aliphatic heterocycles. The van der Waals surface area contributed by atoms with E-state index in [-0.39, 0.29) is 17.0 Å². The minimum atomic E-state index is -4.69. The minimum absolute atomic E-state index is 0.0309. The van der Waals surface area contributed by atoms with Gasteiger partial charge in [0.1, 0.15) is 10.5 Å². The lowest BCUT2D eigenvalue weighted by Crippen LogP contribution is -2.37. The third kappa shape index (κ3) is 5.65. The summed E-state index contributed by atoms with van der Waals surface area (Å²) in [5, 5.41) is 19.4. The van der Waals surface area contributed by atoms with Crippen molar-refractivity contribution in [1.82, 2.24) is 0 Å². The second kappa shape index (κ2) is 10.5. The molecule has 6 nitrogen and oxygen atoms in total. The molecule has 1 aliphatic rings. The maximum atomic E-state index is 14.4. The van der Waals surface area contributed by atoms with Gasteiger partial charge >= 0.3 is 13.5 Å². The summed E-state index contributed by atoms with van der Waals surface area (Å²) in [5.41, 5.74) is 0.0674. The van der Waals surface area contributed by atoms with Crippen LogP contribution in [-0.4, -0.2) is 52.8 Å². The van der Waals surface area contributed by atoms with Crippen LogP contribution in [0.4, 0.5) is 27.6 Å². The van der Waals surface area contributed by atoms with Gasteiger partial charge in [0.15, 0.2) is 11.6 Å². The largest absolute Gasteiger partial charge is 0.707 e. The van der Waals surface area contributed by atoms with Crippen LogP contribution in [-0.2, 0) is 4.79 Å². The van der Waals surface area contributed by atoms with Gasteiger partial charge in [-0.15, -0.1) is 23.5 Å². The Morgan fingerprint density at radius 1 is 1.26 bits per heavy atom. The van der Waals surface area contributed by atoms with Gasteiger partial charge in [-0.3, -0.25) is 4.79 Å². The third-order valence-corrected chi connectivity index (χ3v) is 8.06. The quantitative estimate of drug-likeness (QED) is 0.271. The smallest absolute Gasteiger partial charge is 0.511 e. The molecule has 0 radical (unpaired) electrons. The number of hydrogen-bond acceptors (Lipinski definition) is 7. The average Bonchev–Trinajstić information content (AvgIpc) is 3.14. The molecule has 2 aromatic carbocycles. The number of carbonyl (C=O) groups excluding carboxylic acids is 1. The molecule has 0 spiro atoms. The molecule has 0 aromatic heterocycles. The molecule has 0 saturated carbocycles. The number of rotatable bonds is 7. The summed E-state index contributed by atoms with van der Waals surface area (Å²) in [4.78, 5) is 13.7. The Hall–Kier alpha value is -2.16. The molecule has 3 rings (SSSR count). The Morgan fingerprint density at radius 3 is 2.51 bits per heavy atom. The highest BCUT2D eigenvalue weighted by atomic mass is 32.2. The van der Waals surface area contributed by atoms with Crippen LogP contribution in [0.2, 0.25) is 0 Å². The van der Waals surface area contributed by atoms with Crippen LogP contribution in [0.1, 0.15) is 24.8 Å². The van der Waals surface area contributed by atoms with E-state index in [1.807, 2.05) is 0 Å². The number of thioether (sulfide) groups is 2. The van der Waals surface area contributed by atoms with Gasteiger partial charge in [-0.25, -0.2) is 4.39 Å². The molecule has 35 heavy (non-hydrogen) atoms. The van der Waals surface area contributed by atoms with Gasteiger partial charge in [-0.05, 0) is 37.8 Å². The van der Waals surface area contributed by atoms with Crippen LogP contribution in [0.25, 0.3) is 0 Å². The fourth-order valence-corrected chi connectivity index (χ4v) is 5.90. The molecule has 2 aromatic rings. The van der Waals surface area contributed by atoms with Gasteiger partial charge in [0.05, 0.1) is 12.4 Å². The number of amides is 1. The van der Waals surface area contributed by atoms with Crippen LogP contribution < -0.4 is 14.7 Å². The minimum Gasteiger partial charge on any atom is -0.511 e. The van der Waals surface area contributed by atoms with Crippen molar-refractivity contribution in [3.8, 4) is 11.5 Å². The summed E-state index contributed by atoms with van der Waals surface area (Å²) in [6, 6.07) is 6.18. The number of hydrogen-bond donors (Lipinski definition) is 3. The molecular weight excluding hydrogens is 516 g/mol. The standard InChI is InChI=1S/C21H21BF5NO5S2/c1-20(21(25,26)27)9-12(11-5-6-13(23)16(24)17(11)32-2)18(35-20)19(29)28-10-4-7-15(34-3)14(8-10)33-22(30)31/h4-8,12,18,30-31H,9H2,1-3H3,(H,28,29). The Balaban J connectivity index is 1.99. The molecule has 1 saturated heterocycles. The van der Waals surface area contributed by atoms with E-state index < -0.39 is 59.1 Å². The van der Waals surface area contributed by atoms with Gasteiger partial charge in [-0.2, -0.15) is 17.6 Å². The van der Waals surface area contributed by atoms with Gasteiger partial charge in [0.2, 0.25) is 11.7 Å². The predicted molar refractivity (Wildman–Crippen MR) is 124 cm³/mol. The zero-order chi connectivity index (χ0) is 26.1. The predicted octanol–water partition coefficient (Wildman–Crippen LogP) is 4.59. The van der Waals surface area contributed by atoms with Gasteiger partial charge < -0.3 is 24.8 Å². The molecule has 0 aliphatic carbocycles. The van der Waals surface area contributed by atoms with Crippen LogP contribution in [0.3, 0.4) is 0 Å². The number of benzene rings is 2. The fraction of sp³-hybridized carbons (Fsp3) is 0.381. The summed E-state index contributed by atoms with van der Waals surface area (Å²) in [7, 11) is -1.07. The Labute approximate surface area is 206 Å². The number of halogens is 5. The second-order valence-electron chi connectivity index (χ2n) is 7.86. The summed E-state index contributed by atoms with van der Waals surface area (Å²) >= 11 is 1.61. The van der Waals surface area contributed by atoms with Crippen molar-refractivity contribution in [3.63, 3.8) is 0 Å². The van der Waals surface area contributed by atoms with E-state index in [1.54, 1.807) is 6.26 Å². The normalized spacial score (nSPS) is 22.1. The lowest BCUT2D eigenvalue weighted by molar-refractivity contribution is -0.155. The van der Waals surface area contributed by atoms with Crippen molar-refractivity contribution in [2.75, 3.05) is 18.7 Å². The van der Waals surface area contributed by atoms with Crippen molar-refractivity contribution in [3.05, 3.63) is 47.5 Å². The van der Waals surface area contributed by atoms with E-state index in [2.05, 4.69) is 5.32 Å². The lowest BCUT2D eigenvalue weighted by Gasteiger charge is -2.26. The monoisotopic (exact) mass is 537 g/mol. The summed E-state index contributed by atoms with van der Waals surface area (Å²) in [6.07, 6.45) is -3.55. The first-order valence-electron chi connectivity index (χ1n) is 10.1. The van der Waals surface area contributed by atoms with E-state index in [9.17, 15) is 26.7 Å². The van der Waals surface area contributed by atoms with E-state index in [4.69, 9.17) is 19.4 Å². The highest BCUT2D eigenvalue weighted by molar-refractivity contribution is 8.02. The first kappa shape index (κ1) is 27.4. The number of carbonyl (C=O) groups is 1. The van der Waals surface area contributed by atoms with Crippen LogP contribution in [0.5, 0.6) is 11.5 Å². The Bertz CT molecular complexity index is 1110. The average molecular weight is 537 g/mol. The van der Waals surface area contributed by atoms with Crippen LogP contribution in [0.15, 0.2) is 35.2 Å². The zero-order valence-corrected chi connectivity index (χ0v) is 20.3. The van der Waals surface area contributed by atoms with Gasteiger partial charge in [-0.1, -0.05) is 6.07 Å². The maximum absolute atomic E-state index is 14.4. The number of alkyl halides is 3. The van der Waals surface area contributed by atoms with Crippen molar-refractivity contribution < 1.29 is 46.2 Å². The van der Waals surface area contributed by atoms with Crippen molar-refractivity contribution >= 4 is 42.4 Å². The van der Waals surface area contributed by atoms with E-state index in [1.165, 1.54) is 30.0 Å². The lowest BCUT2D eigenvalue weighted by atomic mass is 9.85. The highest BCUT2D eigenvalue weighted by Gasteiger charge is 2.60. The maximum Gasteiger partial charge on any atom is 0.707 e. The van der Waals surface area contributed by atoms with Crippen molar-refractivity contribution in [2.24, 2.45) is 0 Å². The molecule has 3 unspecified atom stereocenters. The third-order valence-electron chi connectivity index (χ3n) is 5.57. The first-order valence-corrected chi connectivity index (χ1v) is 12.2. The first-order chi connectivity index (χ1) is 16.3. The molecule has 1 heterocycles. The molecule has 1 fully saturated rings. The number of nitrogens with one attached hydrogen (secondary N) is 1. The summed E-state index contributed by atoms with van der Waals surface area (Å²) in [6.45, 7) is 0.951. The second-order valence-corrected chi connectivity index (χ2v) is 10.4. The topological polar surface area (TPSA) is 88.0 Å². The number of anilines is 1. The Morgan fingerprint density at radius 2 is 1.94 bits per heavy atom. The van der Waals surface area contributed by atoms with Crippen molar-refractivity contribution in [2.45, 2.75) is 40.3 Å². The Kier molecular flexibility index (Phi) is 8.19. The van der Waals surface area contributed by atoms with Crippen LogP contribution >= 0.6 is 23.5 Å². The highest BCUT2D eigenvalue weighted by Crippen LogP contribution is 2.59. The van der Waals surface area contributed by atoms with Crippen molar-refractivity contribution in [1.29, 1.82) is 0 Å². The molecule has 0 bridgehead atoms. The fourth-order valence-electron chi connectivity index (χ4n) is 3.85. The van der Waals surface area contributed by atoms with Gasteiger partial charge in [0, 0.05) is 28.1 Å². The molecular formula is C21H21BF5NO5S2. The van der Waals surface area contributed by atoms with Crippen LogP contribution in [0, 0.1) is 11.6 Å². The molecule has 1 amide bonds. The number of ether oxygens (including phenoxy) is 1. The summed E-state index contributed by atoms with van der Waals surface area (Å²) < 4.78 is 77.3. The van der Waals surface area contributed by atoms with E-state index >= 15 is 0 Å². The molecule has 3 atom stereocenters. The SMILES string of the molecule is COc1c(C2CC(C)(C(F)(F)F)SC2C(=O)Nc2ccc(SC)c(OB(O)O)c2)ccc(F)c1F. The van der Waals surface area contributed by atoms with E-state index in [0.29, 0.717) is 16.7 Å². The molecule has 190 valence electrons. The summed E-state index contributed by atoms with van der Waals surface area (Å²) in [5.74, 6) is -5.08. The van der Waals surface area contributed by atoms with Gasteiger partial charge in [0.25, 0.3) is 0 Å².